The molecule has 7 heteroatoms. The van der Waals surface area contributed by atoms with Crippen molar-refractivity contribution in [2.24, 2.45) is 5.41 Å². The number of pyridine rings is 1. The van der Waals surface area contributed by atoms with Crippen LogP contribution in [-0.4, -0.2) is 70.9 Å². The molecule has 0 bridgehead atoms. The van der Waals surface area contributed by atoms with Crippen LogP contribution >= 0.6 is 0 Å². The third-order valence-corrected chi connectivity index (χ3v) is 6.17. The first-order valence-electron chi connectivity index (χ1n) is 10.0. The molecule has 1 spiro atoms. The van der Waals surface area contributed by atoms with Crippen LogP contribution in [0.4, 0.5) is 0 Å². The highest BCUT2D eigenvalue weighted by Crippen LogP contribution is 2.39. The van der Waals surface area contributed by atoms with Crippen LogP contribution in [0.3, 0.4) is 0 Å². The molecule has 2 aliphatic heterocycles. The zero-order valence-electron chi connectivity index (χ0n) is 16.7. The predicted octanol–water partition coefficient (Wildman–Crippen LogP) is 2.13. The van der Waals surface area contributed by atoms with Gasteiger partial charge in [0.2, 0.25) is 5.91 Å². The minimum Gasteiger partial charge on any atom is -0.383 e. The molecular formula is C21H28N4O3. The van der Waals surface area contributed by atoms with E-state index in [9.17, 15) is 9.59 Å². The number of rotatable bonds is 4. The van der Waals surface area contributed by atoms with Gasteiger partial charge in [-0.25, -0.2) is 4.98 Å². The molecule has 0 aromatic carbocycles. The number of aryl methyl sites for hydroxylation is 1. The number of fused-ring (bicyclic) bond motifs is 1. The van der Waals surface area contributed by atoms with Crippen molar-refractivity contribution in [1.29, 1.82) is 0 Å². The fraction of sp³-hybridized carbons (Fsp3) is 0.571. The molecule has 2 saturated heterocycles. The number of piperidine rings is 2. The molecule has 4 rings (SSSR count). The van der Waals surface area contributed by atoms with Crippen LogP contribution in [0.2, 0.25) is 0 Å². The summed E-state index contributed by atoms with van der Waals surface area (Å²) in [5.41, 5.74) is 2.19. The molecule has 0 saturated carbocycles. The third-order valence-electron chi connectivity index (χ3n) is 6.17. The zero-order chi connectivity index (χ0) is 19.7. The Bertz CT molecular complexity index is 893. The molecule has 2 aromatic rings. The lowest BCUT2D eigenvalue weighted by Gasteiger charge is -2.48. The van der Waals surface area contributed by atoms with E-state index in [-0.39, 0.29) is 17.2 Å². The van der Waals surface area contributed by atoms with Crippen molar-refractivity contribution in [1.82, 2.24) is 19.2 Å². The number of hydrogen-bond donors (Lipinski definition) is 0. The van der Waals surface area contributed by atoms with E-state index in [1.165, 1.54) is 0 Å². The number of methoxy groups -OCH3 is 1. The van der Waals surface area contributed by atoms with Crippen molar-refractivity contribution < 1.29 is 14.3 Å². The monoisotopic (exact) mass is 384 g/mol. The Morgan fingerprint density at radius 1 is 1.29 bits per heavy atom. The van der Waals surface area contributed by atoms with E-state index in [0.717, 1.165) is 37.1 Å². The van der Waals surface area contributed by atoms with Crippen molar-refractivity contribution >= 4 is 17.5 Å². The number of carbonyl (C=O) groups excluding carboxylic acids is 2. The highest BCUT2D eigenvalue weighted by molar-refractivity contribution is 5.94. The minimum absolute atomic E-state index is 0.00996. The lowest BCUT2D eigenvalue weighted by Crippen LogP contribution is -2.55. The van der Waals surface area contributed by atoms with Gasteiger partial charge in [0.15, 0.2) is 0 Å². The summed E-state index contributed by atoms with van der Waals surface area (Å²) in [5.74, 6) is 0.236. The molecule has 4 heterocycles. The minimum atomic E-state index is -0.00996. The predicted molar refractivity (Wildman–Crippen MR) is 105 cm³/mol. The van der Waals surface area contributed by atoms with Gasteiger partial charge in [0.05, 0.1) is 12.3 Å². The standard InChI is InChI=1S/C21H28N4O3/c1-16-19(25-11-4-3-6-17(25)22-16)20(27)24-10-5-8-21(15-24)9-7-18(26)23(14-21)12-13-28-2/h3-4,6,11H,5,7-10,12-15H2,1-2H3/t21-/m1/s1. The Morgan fingerprint density at radius 2 is 2.14 bits per heavy atom. The van der Waals surface area contributed by atoms with Gasteiger partial charge in [-0.3, -0.25) is 14.0 Å². The van der Waals surface area contributed by atoms with E-state index in [1.54, 1.807) is 7.11 Å². The molecule has 150 valence electrons. The largest absolute Gasteiger partial charge is 0.383 e. The van der Waals surface area contributed by atoms with Crippen LogP contribution < -0.4 is 0 Å². The number of likely N-dealkylation sites (tertiary alicyclic amines) is 2. The molecule has 2 aromatic heterocycles. The number of ether oxygens (including phenoxy) is 1. The second-order valence-corrected chi connectivity index (χ2v) is 8.11. The smallest absolute Gasteiger partial charge is 0.272 e. The molecule has 2 fully saturated rings. The average molecular weight is 384 g/mol. The van der Waals surface area contributed by atoms with E-state index in [2.05, 4.69) is 4.98 Å². The number of hydrogen-bond acceptors (Lipinski definition) is 4. The number of nitrogens with zero attached hydrogens (tertiary/aromatic N) is 4. The molecule has 2 amide bonds. The molecule has 2 aliphatic rings. The van der Waals surface area contributed by atoms with Crippen LogP contribution in [0.5, 0.6) is 0 Å². The summed E-state index contributed by atoms with van der Waals surface area (Å²) in [6, 6.07) is 5.77. The van der Waals surface area contributed by atoms with Crippen molar-refractivity contribution in [3.63, 3.8) is 0 Å². The highest BCUT2D eigenvalue weighted by atomic mass is 16.5. The summed E-state index contributed by atoms with van der Waals surface area (Å²) < 4.78 is 7.05. The van der Waals surface area contributed by atoms with Crippen LogP contribution in [0.25, 0.3) is 5.65 Å². The molecule has 7 nitrogen and oxygen atoms in total. The Kier molecular flexibility index (Phi) is 5.10. The number of amides is 2. The summed E-state index contributed by atoms with van der Waals surface area (Å²) in [6.45, 7) is 5.23. The van der Waals surface area contributed by atoms with Gasteiger partial charge in [-0.05, 0) is 38.3 Å². The molecule has 0 aliphatic carbocycles. The molecular weight excluding hydrogens is 356 g/mol. The molecule has 0 radical (unpaired) electrons. The van der Waals surface area contributed by atoms with Gasteiger partial charge in [0.1, 0.15) is 11.3 Å². The summed E-state index contributed by atoms with van der Waals surface area (Å²) in [7, 11) is 1.66. The first-order valence-corrected chi connectivity index (χ1v) is 10.0. The molecule has 0 unspecified atom stereocenters. The van der Waals surface area contributed by atoms with Gasteiger partial charge in [-0.15, -0.1) is 0 Å². The maximum Gasteiger partial charge on any atom is 0.272 e. The topological polar surface area (TPSA) is 67.2 Å². The van der Waals surface area contributed by atoms with E-state index < -0.39 is 0 Å². The van der Waals surface area contributed by atoms with Gasteiger partial charge < -0.3 is 14.5 Å². The van der Waals surface area contributed by atoms with Gasteiger partial charge in [-0.2, -0.15) is 0 Å². The fourth-order valence-electron chi connectivity index (χ4n) is 4.74. The normalized spacial score (nSPS) is 23.0. The molecule has 0 N–H and O–H groups in total. The Labute approximate surface area is 165 Å². The van der Waals surface area contributed by atoms with Gasteiger partial charge >= 0.3 is 0 Å². The van der Waals surface area contributed by atoms with E-state index in [1.807, 2.05) is 45.5 Å². The lowest BCUT2D eigenvalue weighted by molar-refractivity contribution is -0.139. The first kappa shape index (κ1) is 18.9. The lowest BCUT2D eigenvalue weighted by atomic mass is 9.73. The van der Waals surface area contributed by atoms with Crippen molar-refractivity contribution in [2.45, 2.75) is 32.6 Å². The number of imidazole rings is 1. The summed E-state index contributed by atoms with van der Waals surface area (Å²) in [5, 5.41) is 0. The Morgan fingerprint density at radius 3 is 2.96 bits per heavy atom. The SMILES string of the molecule is COCCN1C[C@@]2(CCCN(C(=O)c3c(C)nc4ccccn34)C2)CCC1=O. The highest BCUT2D eigenvalue weighted by Gasteiger charge is 2.43. The Balaban J connectivity index is 1.55. The maximum absolute atomic E-state index is 13.4. The second kappa shape index (κ2) is 7.54. The van der Waals surface area contributed by atoms with Gasteiger partial charge in [0.25, 0.3) is 5.91 Å². The first-order chi connectivity index (χ1) is 13.5. The second-order valence-electron chi connectivity index (χ2n) is 8.11. The van der Waals surface area contributed by atoms with Crippen LogP contribution in [0, 0.1) is 12.3 Å². The number of carbonyl (C=O) groups is 2. The van der Waals surface area contributed by atoms with Crippen LogP contribution in [0.1, 0.15) is 41.9 Å². The summed E-state index contributed by atoms with van der Waals surface area (Å²) in [6.07, 6.45) is 5.33. The summed E-state index contributed by atoms with van der Waals surface area (Å²) >= 11 is 0. The number of aromatic nitrogens is 2. The molecule has 1 atom stereocenters. The zero-order valence-corrected chi connectivity index (χ0v) is 16.7. The van der Waals surface area contributed by atoms with Gasteiger partial charge in [-0.1, -0.05) is 6.07 Å². The maximum atomic E-state index is 13.4. The van der Waals surface area contributed by atoms with Crippen molar-refractivity contribution in [3.05, 3.63) is 35.8 Å². The van der Waals surface area contributed by atoms with Gasteiger partial charge in [0, 0.05) is 51.3 Å². The third kappa shape index (κ3) is 3.39. The quantitative estimate of drug-likeness (QED) is 0.810. The van der Waals surface area contributed by atoms with Crippen molar-refractivity contribution in [3.8, 4) is 0 Å². The van der Waals surface area contributed by atoms with E-state index in [4.69, 9.17) is 4.74 Å². The van der Waals surface area contributed by atoms with E-state index in [0.29, 0.717) is 38.4 Å². The van der Waals surface area contributed by atoms with E-state index >= 15 is 0 Å². The van der Waals surface area contributed by atoms with Crippen molar-refractivity contribution in [2.75, 3.05) is 39.9 Å². The van der Waals surface area contributed by atoms with Crippen LogP contribution in [0.15, 0.2) is 24.4 Å². The summed E-state index contributed by atoms with van der Waals surface area (Å²) in [4.78, 5) is 34.1. The Hall–Kier alpha value is -2.41. The van der Waals surface area contributed by atoms with Crippen LogP contribution in [-0.2, 0) is 9.53 Å². The average Bonchev–Trinajstić information content (AvgIpc) is 3.04. The molecule has 28 heavy (non-hydrogen) atoms. The fourth-order valence-corrected chi connectivity index (χ4v) is 4.74.